The maximum Gasteiger partial charge on any atom is 0.341 e. The molecule has 0 bridgehead atoms. The lowest BCUT2D eigenvalue weighted by Gasteiger charge is -2.15. The van der Waals surface area contributed by atoms with Gasteiger partial charge in [-0.25, -0.2) is 4.79 Å². The van der Waals surface area contributed by atoms with Crippen molar-refractivity contribution in [1.29, 1.82) is 0 Å². The van der Waals surface area contributed by atoms with E-state index < -0.39 is 5.97 Å². The Balaban J connectivity index is 2.18. The van der Waals surface area contributed by atoms with Crippen molar-refractivity contribution in [2.45, 2.75) is 26.9 Å². The van der Waals surface area contributed by atoms with Gasteiger partial charge in [0.1, 0.15) is 17.9 Å². The number of benzene rings is 2. The molecule has 0 saturated heterocycles. The summed E-state index contributed by atoms with van der Waals surface area (Å²) < 4.78 is 21.5. The van der Waals surface area contributed by atoms with Crippen LogP contribution >= 0.6 is 23.2 Å². The quantitative estimate of drug-likeness (QED) is 0.245. The monoisotopic (exact) mass is 452 g/mol. The van der Waals surface area contributed by atoms with Gasteiger partial charge in [-0.15, -0.1) is 0 Å². The fraction of sp³-hybridized carbons (Fsp3) is 0.348. The molecule has 0 aliphatic heterocycles. The Morgan fingerprint density at radius 3 is 2.33 bits per heavy atom. The first-order chi connectivity index (χ1) is 14.4. The van der Waals surface area contributed by atoms with Gasteiger partial charge in [0.05, 0.1) is 37.1 Å². The van der Waals surface area contributed by atoms with E-state index in [9.17, 15) is 4.79 Å². The molecule has 2 aromatic carbocycles. The SMILES string of the molecule is COC=C(C(=O)OC)c1ccccc1COc1cc(Cl)c(OCCC(C)C)c(Cl)c1. The molecule has 162 valence electrons. The van der Waals surface area contributed by atoms with E-state index in [1.807, 2.05) is 18.2 Å². The van der Waals surface area contributed by atoms with E-state index in [4.69, 9.17) is 42.1 Å². The molecule has 0 atom stereocenters. The summed E-state index contributed by atoms with van der Waals surface area (Å²) in [6.07, 6.45) is 2.25. The van der Waals surface area contributed by atoms with Crippen LogP contribution < -0.4 is 9.47 Å². The molecule has 0 unspecified atom stereocenters. The van der Waals surface area contributed by atoms with Gasteiger partial charge in [-0.1, -0.05) is 61.3 Å². The van der Waals surface area contributed by atoms with Crippen molar-refractivity contribution >= 4 is 34.7 Å². The summed E-state index contributed by atoms with van der Waals surface area (Å²) in [6, 6.07) is 10.7. The Morgan fingerprint density at radius 2 is 1.73 bits per heavy atom. The highest BCUT2D eigenvalue weighted by molar-refractivity contribution is 6.37. The summed E-state index contributed by atoms with van der Waals surface area (Å²) >= 11 is 12.7. The van der Waals surface area contributed by atoms with Crippen molar-refractivity contribution in [3.05, 3.63) is 63.8 Å². The van der Waals surface area contributed by atoms with Crippen molar-refractivity contribution in [2.24, 2.45) is 5.92 Å². The van der Waals surface area contributed by atoms with E-state index in [2.05, 4.69) is 13.8 Å². The predicted octanol–water partition coefficient (Wildman–Crippen LogP) is 6.16. The second kappa shape index (κ2) is 11.7. The normalized spacial score (nSPS) is 11.4. The van der Waals surface area contributed by atoms with Gasteiger partial charge >= 0.3 is 5.97 Å². The van der Waals surface area contributed by atoms with E-state index >= 15 is 0 Å². The van der Waals surface area contributed by atoms with Gasteiger partial charge < -0.3 is 18.9 Å². The number of hydrogen-bond acceptors (Lipinski definition) is 5. The third-order valence-electron chi connectivity index (χ3n) is 4.26. The highest BCUT2D eigenvalue weighted by atomic mass is 35.5. The third-order valence-corrected chi connectivity index (χ3v) is 4.82. The minimum Gasteiger partial charge on any atom is -0.503 e. The number of halogens is 2. The van der Waals surface area contributed by atoms with Crippen molar-refractivity contribution in [3.63, 3.8) is 0 Å². The average Bonchev–Trinajstić information content (AvgIpc) is 2.72. The van der Waals surface area contributed by atoms with Crippen LogP contribution in [0.4, 0.5) is 0 Å². The summed E-state index contributed by atoms with van der Waals surface area (Å²) in [6.45, 7) is 4.96. The maximum absolute atomic E-state index is 12.1. The van der Waals surface area contributed by atoms with E-state index in [1.165, 1.54) is 20.5 Å². The van der Waals surface area contributed by atoms with E-state index in [0.717, 1.165) is 12.0 Å². The Bertz CT molecular complexity index is 870. The molecular formula is C23H26Cl2O5. The van der Waals surface area contributed by atoms with Crippen molar-refractivity contribution in [3.8, 4) is 11.5 Å². The Morgan fingerprint density at radius 1 is 1.07 bits per heavy atom. The van der Waals surface area contributed by atoms with Crippen molar-refractivity contribution < 1.29 is 23.7 Å². The fourth-order valence-electron chi connectivity index (χ4n) is 2.67. The Hall–Kier alpha value is -2.37. The van der Waals surface area contributed by atoms with E-state index in [-0.39, 0.29) is 6.61 Å². The van der Waals surface area contributed by atoms with Crippen LogP contribution in [0.3, 0.4) is 0 Å². The van der Waals surface area contributed by atoms with Crippen LogP contribution in [-0.2, 0) is 20.9 Å². The lowest BCUT2D eigenvalue weighted by Crippen LogP contribution is -2.08. The molecule has 0 aliphatic carbocycles. The van der Waals surface area contributed by atoms with Crippen LogP contribution in [0, 0.1) is 5.92 Å². The van der Waals surface area contributed by atoms with Crippen LogP contribution in [0.1, 0.15) is 31.4 Å². The summed E-state index contributed by atoms with van der Waals surface area (Å²) in [4.78, 5) is 12.1. The molecule has 0 aliphatic rings. The summed E-state index contributed by atoms with van der Waals surface area (Å²) in [5.41, 5.74) is 1.72. The van der Waals surface area contributed by atoms with Gasteiger partial charge in [-0.3, -0.25) is 0 Å². The van der Waals surface area contributed by atoms with Gasteiger partial charge in [0.25, 0.3) is 0 Å². The Kier molecular flexibility index (Phi) is 9.34. The molecule has 2 aromatic rings. The maximum atomic E-state index is 12.1. The molecule has 2 rings (SSSR count). The lowest BCUT2D eigenvalue weighted by molar-refractivity contribution is -0.133. The number of carbonyl (C=O) groups is 1. The second-order valence-corrected chi connectivity index (χ2v) is 7.77. The van der Waals surface area contributed by atoms with Crippen LogP contribution in [0.2, 0.25) is 10.0 Å². The van der Waals surface area contributed by atoms with Crippen molar-refractivity contribution in [2.75, 3.05) is 20.8 Å². The second-order valence-electron chi connectivity index (χ2n) is 6.95. The molecule has 0 radical (unpaired) electrons. The number of hydrogen-bond donors (Lipinski definition) is 0. The number of esters is 1. The summed E-state index contributed by atoms with van der Waals surface area (Å²) in [5, 5.41) is 0.758. The molecule has 0 saturated carbocycles. The molecule has 0 spiro atoms. The van der Waals surface area contributed by atoms with Gasteiger partial charge in [0, 0.05) is 12.1 Å². The number of methoxy groups -OCH3 is 2. The topological polar surface area (TPSA) is 54.0 Å². The first-order valence-corrected chi connectivity index (χ1v) is 10.3. The lowest BCUT2D eigenvalue weighted by atomic mass is 10.0. The highest BCUT2D eigenvalue weighted by Crippen LogP contribution is 2.37. The molecule has 7 heteroatoms. The molecule has 0 N–H and O–H groups in total. The Labute approximate surface area is 187 Å². The number of rotatable bonds is 10. The largest absolute Gasteiger partial charge is 0.503 e. The molecular weight excluding hydrogens is 427 g/mol. The third kappa shape index (κ3) is 6.57. The zero-order valence-electron chi connectivity index (χ0n) is 17.5. The van der Waals surface area contributed by atoms with Gasteiger partial charge in [-0.05, 0) is 23.5 Å². The zero-order chi connectivity index (χ0) is 22.1. The standard InChI is InChI=1S/C23H26Cl2O5/c1-15(2)9-10-29-22-20(24)11-17(12-21(22)25)30-13-16-7-5-6-8-18(16)19(14-27-3)23(26)28-4/h5-8,11-12,14-15H,9-10,13H2,1-4H3. The smallest absolute Gasteiger partial charge is 0.341 e. The minimum absolute atomic E-state index is 0.189. The van der Waals surface area contributed by atoms with Gasteiger partial charge in [-0.2, -0.15) is 0 Å². The molecule has 0 heterocycles. The number of ether oxygens (including phenoxy) is 4. The fourth-order valence-corrected chi connectivity index (χ4v) is 3.25. The minimum atomic E-state index is -0.502. The van der Waals surface area contributed by atoms with E-state index in [1.54, 1.807) is 18.2 Å². The summed E-state index contributed by atoms with van der Waals surface area (Å²) in [7, 11) is 2.79. The molecule has 0 aromatic heterocycles. The van der Waals surface area contributed by atoms with Crippen LogP contribution in [0.25, 0.3) is 5.57 Å². The molecule has 5 nitrogen and oxygen atoms in total. The van der Waals surface area contributed by atoms with Gasteiger partial charge in [0.2, 0.25) is 0 Å². The number of carbonyl (C=O) groups excluding carboxylic acids is 1. The molecule has 30 heavy (non-hydrogen) atoms. The molecule has 0 amide bonds. The predicted molar refractivity (Wildman–Crippen MR) is 119 cm³/mol. The van der Waals surface area contributed by atoms with E-state index in [0.29, 0.717) is 45.2 Å². The average molecular weight is 453 g/mol. The highest BCUT2D eigenvalue weighted by Gasteiger charge is 2.17. The first kappa shape index (κ1) is 23.9. The first-order valence-electron chi connectivity index (χ1n) is 9.51. The summed E-state index contributed by atoms with van der Waals surface area (Å²) in [5.74, 6) is 0.958. The van der Waals surface area contributed by atoms with Crippen LogP contribution in [0.5, 0.6) is 11.5 Å². The molecule has 0 fully saturated rings. The van der Waals surface area contributed by atoms with Crippen LogP contribution in [-0.4, -0.2) is 26.8 Å². The van der Waals surface area contributed by atoms with Gasteiger partial charge in [0.15, 0.2) is 5.75 Å². The van der Waals surface area contributed by atoms with Crippen molar-refractivity contribution in [1.82, 2.24) is 0 Å². The zero-order valence-corrected chi connectivity index (χ0v) is 19.0. The van der Waals surface area contributed by atoms with Crippen LogP contribution in [0.15, 0.2) is 42.7 Å².